The third-order valence-corrected chi connectivity index (χ3v) is 6.60. The second kappa shape index (κ2) is 10.3. The molecule has 156 valence electrons. The van der Waals surface area contributed by atoms with Gasteiger partial charge in [-0.15, -0.1) is 6.58 Å². The molecular weight excluding hydrogens is 372 g/mol. The Morgan fingerprint density at radius 2 is 1.16 bits per heavy atom. The number of benzene rings is 3. The van der Waals surface area contributed by atoms with Crippen LogP contribution in [0.4, 0.5) is 0 Å². The molecule has 0 heterocycles. The van der Waals surface area contributed by atoms with Crippen LogP contribution in [-0.2, 0) is 6.42 Å². The van der Waals surface area contributed by atoms with E-state index < -0.39 is 0 Å². The monoisotopic (exact) mass is 404 g/mol. The number of hydrogen-bond acceptors (Lipinski definition) is 0. The van der Waals surface area contributed by atoms with E-state index in [4.69, 9.17) is 0 Å². The zero-order valence-corrected chi connectivity index (χ0v) is 18.6. The standard InChI is InChI=1S/C31H32/c1-3-4-5-25-12-16-28(17-13-25)30-20-22-31(23-21-30)29-18-14-27(15-19-29)11-10-26-8-6-24(2)7-9-26/h3,6-9,12-19,30-31H,1,4-5,20-23H2,2H3. The number of hydrogen-bond donors (Lipinski definition) is 0. The minimum Gasteiger partial charge on any atom is -0.103 e. The van der Waals surface area contributed by atoms with Crippen LogP contribution in [0.2, 0.25) is 0 Å². The molecule has 1 aliphatic carbocycles. The van der Waals surface area contributed by atoms with Crippen LogP contribution in [0.1, 0.15) is 77.3 Å². The molecule has 0 aliphatic heterocycles. The molecule has 0 N–H and O–H groups in total. The van der Waals surface area contributed by atoms with E-state index in [1.54, 1.807) is 0 Å². The zero-order chi connectivity index (χ0) is 21.5. The molecule has 0 bridgehead atoms. The Balaban J connectivity index is 1.32. The lowest BCUT2D eigenvalue weighted by Gasteiger charge is -2.29. The van der Waals surface area contributed by atoms with Gasteiger partial charge < -0.3 is 0 Å². The lowest BCUT2D eigenvalue weighted by atomic mass is 9.76. The first-order chi connectivity index (χ1) is 15.2. The second-order valence-electron chi connectivity index (χ2n) is 8.86. The normalized spacial score (nSPS) is 18.1. The SMILES string of the molecule is C=CCCc1ccc(C2CCC(c3ccc(C#Cc4ccc(C)cc4)cc3)CC2)cc1. The van der Waals surface area contributed by atoms with Crippen molar-refractivity contribution < 1.29 is 0 Å². The molecular formula is C31H32. The average molecular weight is 405 g/mol. The maximum absolute atomic E-state index is 3.82. The van der Waals surface area contributed by atoms with E-state index in [9.17, 15) is 0 Å². The van der Waals surface area contributed by atoms with E-state index in [1.807, 2.05) is 6.08 Å². The largest absolute Gasteiger partial charge is 0.103 e. The van der Waals surface area contributed by atoms with Crippen molar-refractivity contribution in [1.82, 2.24) is 0 Å². The van der Waals surface area contributed by atoms with E-state index >= 15 is 0 Å². The topological polar surface area (TPSA) is 0 Å². The first-order valence-electron chi connectivity index (χ1n) is 11.6. The van der Waals surface area contributed by atoms with Gasteiger partial charge in [-0.2, -0.15) is 0 Å². The molecule has 3 aromatic carbocycles. The quantitative estimate of drug-likeness (QED) is 0.299. The van der Waals surface area contributed by atoms with Crippen molar-refractivity contribution in [2.75, 3.05) is 0 Å². The fourth-order valence-electron chi connectivity index (χ4n) is 4.61. The van der Waals surface area contributed by atoms with Crippen molar-refractivity contribution in [1.29, 1.82) is 0 Å². The van der Waals surface area contributed by atoms with Crippen molar-refractivity contribution in [3.63, 3.8) is 0 Å². The predicted molar refractivity (Wildman–Crippen MR) is 133 cm³/mol. The van der Waals surface area contributed by atoms with Crippen molar-refractivity contribution in [3.05, 3.63) is 119 Å². The summed E-state index contributed by atoms with van der Waals surface area (Å²) in [4.78, 5) is 0. The second-order valence-corrected chi connectivity index (χ2v) is 8.86. The van der Waals surface area contributed by atoms with E-state index in [0.29, 0.717) is 11.8 Å². The van der Waals surface area contributed by atoms with E-state index in [-0.39, 0.29) is 0 Å². The molecule has 0 atom stereocenters. The molecule has 4 rings (SSSR count). The van der Waals surface area contributed by atoms with Crippen LogP contribution in [0.15, 0.2) is 85.5 Å². The summed E-state index contributed by atoms with van der Waals surface area (Å²) in [5.74, 6) is 7.97. The Bertz CT molecular complexity index is 1030. The summed E-state index contributed by atoms with van der Waals surface area (Å²) in [6.07, 6.45) is 9.27. The lowest BCUT2D eigenvalue weighted by molar-refractivity contribution is 0.396. The Morgan fingerprint density at radius 3 is 1.65 bits per heavy atom. The van der Waals surface area contributed by atoms with Crippen molar-refractivity contribution in [2.24, 2.45) is 0 Å². The molecule has 0 aromatic heterocycles. The minimum absolute atomic E-state index is 0.683. The molecule has 31 heavy (non-hydrogen) atoms. The van der Waals surface area contributed by atoms with Crippen LogP contribution in [0.3, 0.4) is 0 Å². The fourth-order valence-corrected chi connectivity index (χ4v) is 4.61. The molecule has 3 aromatic rings. The highest BCUT2D eigenvalue weighted by Gasteiger charge is 2.23. The molecule has 0 radical (unpaired) electrons. The smallest absolute Gasteiger partial charge is 0.0249 e. The maximum atomic E-state index is 3.82. The number of rotatable bonds is 5. The van der Waals surface area contributed by atoms with Gasteiger partial charge in [-0.25, -0.2) is 0 Å². The molecule has 0 saturated heterocycles. The van der Waals surface area contributed by atoms with Crippen molar-refractivity contribution >= 4 is 0 Å². The summed E-state index contributed by atoms with van der Waals surface area (Å²) in [7, 11) is 0. The summed E-state index contributed by atoms with van der Waals surface area (Å²) in [5.41, 5.74) is 7.84. The summed E-state index contributed by atoms with van der Waals surface area (Å²) >= 11 is 0. The number of allylic oxidation sites excluding steroid dienone is 1. The van der Waals surface area contributed by atoms with Crippen molar-refractivity contribution in [2.45, 2.75) is 57.3 Å². The summed E-state index contributed by atoms with van der Waals surface area (Å²) in [5, 5.41) is 0. The van der Waals surface area contributed by atoms with Gasteiger partial charge in [0.05, 0.1) is 0 Å². The Hall–Kier alpha value is -3.04. The highest BCUT2D eigenvalue weighted by molar-refractivity contribution is 5.44. The van der Waals surface area contributed by atoms with E-state index in [1.165, 1.54) is 47.9 Å². The summed E-state index contributed by atoms with van der Waals surface area (Å²) in [6, 6.07) is 26.7. The van der Waals surface area contributed by atoms with Gasteiger partial charge in [-0.3, -0.25) is 0 Å². The molecule has 1 aliphatic rings. The van der Waals surface area contributed by atoms with Gasteiger partial charge in [0.2, 0.25) is 0 Å². The first-order valence-corrected chi connectivity index (χ1v) is 11.6. The van der Waals surface area contributed by atoms with Gasteiger partial charge in [0, 0.05) is 11.1 Å². The molecule has 0 heteroatoms. The number of aryl methyl sites for hydroxylation is 2. The van der Waals surface area contributed by atoms with Gasteiger partial charge in [0.25, 0.3) is 0 Å². The molecule has 0 unspecified atom stereocenters. The van der Waals surface area contributed by atoms with Crippen LogP contribution in [0.5, 0.6) is 0 Å². The summed E-state index contributed by atoms with van der Waals surface area (Å²) in [6.45, 7) is 5.92. The molecule has 0 nitrogen and oxygen atoms in total. The van der Waals surface area contributed by atoms with Gasteiger partial charge in [-0.05, 0) is 98.2 Å². The Labute approximate surface area is 188 Å². The lowest BCUT2D eigenvalue weighted by Crippen LogP contribution is -2.12. The highest BCUT2D eigenvalue weighted by Crippen LogP contribution is 2.40. The van der Waals surface area contributed by atoms with E-state index in [2.05, 4.69) is 98.1 Å². The van der Waals surface area contributed by atoms with Crippen molar-refractivity contribution in [3.8, 4) is 11.8 Å². The van der Waals surface area contributed by atoms with Gasteiger partial charge in [0.15, 0.2) is 0 Å². The van der Waals surface area contributed by atoms with E-state index in [0.717, 1.165) is 24.0 Å². The molecule has 1 fully saturated rings. The minimum atomic E-state index is 0.683. The third-order valence-electron chi connectivity index (χ3n) is 6.60. The van der Waals surface area contributed by atoms with Gasteiger partial charge in [0.1, 0.15) is 0 Å². The fraction of sp³-hybridized carbons (Fsp3) is 0.290. The molecule has 0 amide bonds. The zero-order valence-electron chi connectivity index (χ0n) is 18.6. The van der Waals surface area contributed by atoms with Gasteiger partial charge in [-0.1, -0.05) is 72.0 Å². The third kappa shape index (κ3) is 5.77. The molecule has 0 spiro atoms. The highest BCUT2D eigenvalue weighted by atomic mass is 14.3. The average Bonchev–Trinajstić information content (AvgIpc) is 2.83. The Kier molecular flexibility index (Phi) is 7.06. The van der Waals surface area contributed by atoms with Crippen LogP contribution in [0, 0.1) is 18.8 Å². The maximum Gasteiger partial charge on any atom is 0.0249 e. The van der Waals surface area contributed by atoms with Crippen LogP contribution < -0.4 is 0 Å². The van der Waals surface area contributed by atoms with Crippen LogP contribution in [-0.4, -0.2) is 0 Å². The predicted octanol–water partition coefficient (Wildman–Crippen LogP) is 7.95. The van der Waals surface area contributed by atoms with Crippen LogP contribution in [0.25, 0.3) is 0 Å². The molecule has 1 saturated carbocycles. The van der Waals surface area contributed by atoms with Crippen LogP contribution >= 0.6 is 0 Å². The first kappa shape index (κ1) is 21.2. The Morgan fingerprint density at radius 1 is 0.710 bits per heavy atom. The van der Waals surface area contributed by atoms with Gasteiger partial charge >= 0.3 is 0 Å². The summed E-state index contributed by atoms with van der Waals surface area (Å²) < 4.78 is 0.